The van der Waals surface area contributed by atoms with Gasteiger partial charge in [0.2, 0.25) is 0 Å². The minimum absolute atomic E-state index is 0.635. The fourth-order valence-electron chi connectivity index (χ4n) is 1.50. The Morgan fingerprint density at radius 2 is 2.12 bits per heavy atom. The van der Waals surface area contributed by atoms with Gasteiger partial charge in [0.1, 0.15) is 0 Å². The average molecular weight is 229 g/mol. The zero-order valence-corrected chi connectivity index (χ0v) is 10.4. The van der Waals surface area contributed by atoms with Crippen LogP contribution in [0.2, 0.25) is 0 Å². The van der Waals surface area contributed by atoms with Gasteiger partial charge in [-0.2, -0.15) is 5.26 Å². The number of hydrogen-bond acceptors (Lipinski definition) is 2. The van der Waals surface area contributed by atoms with Crippen LogP contribution in [0.25, 0.3) is 0 Å². The van der Waals surface area contributed by atoms with Gasteiger partial charge >= 0.3 is 0 Å². The molecule has 1 aromatic rings. The van der Waals surface area contributed by atoms with Gasteiger partial charge in [0.25, 0.3) is 0 Å². The van der Waals surface area contributed by atoms with Crippen molar-refractivity contribution in [1.82, 2.24) is 0 Å². The van der Waals surface area contributed by atoms with E-state index in [0.29, 0.717) is 19.6 Å². The van der Waals surface area contributed by atoms with E-state index in [9.17, 15) is 0 Å². The summed E-state index contributed by atoms with van der Waals surface area (Å²) in [5.41, 5.74) is 2.50. The zero-order chi connectivity index (χ0) is 12.3. The first-order valence-electron chi connectivity index (χ1n) is 5.97. The number of hydrogen-bond donors (Lipinski definition) is 0. The molecule has 0 unspecified atom stereocenters. The van der Waals surface area contributed by atoms with Crippen molar-refractivity contribution in [3.8, 4) is 6.07 Å². The standard InChI is InChI=1S/C15H19NO/c1-14(7-5-6-11-16)10-12-17-13-15-8-3-2-4-9-15/h2-4,8-10H,5-7,12-13H2,1H3/b14-10-. The van der Waals surface area contributed by atoms with E-state index in [1.165, 1.54) is 11.1 Å². The lowest BCUT2D eigenvalue weighted by Gasteiger charge is -2.02. The van der Waals surface area contributed by atoms with Crippen LogP contribution in [0.15, 0.2) is 42.0 Å². The molecule has 2 nitrogen and oxygen atoms in total. The third-order valence-corrected chi connectivity index (χ3v) is 2.52. The van der Waals surface area contributed by atoms with Crippen LogP contribution in [-0.2, 0) is 11.3 Å². The Bertz CT molecular complexity index is 376. The molecule has 0 atom stereocenters. The molecule has 0 amide bonds. The summed E-state index contributed by atoms with van der Waals surface area (Å²) in [5.74, 6) is 0. The SMILES string of the molecule is C/C(=C/COCc1ccccc1)CCCC#N. The van der Waals surface area contributed by atoms with Crippen LogP contribution in [0.5, 0.6) is 0 Å². The summed E-state index contributed by atoms with van der Waals surface area (Å²) in [6, 6.07) is 12.3. The van der Waals surface area contributed by atoms with E-state index in [1.54, 1.807) is 0 Å². The van der Waals surface area contributed by atoms with Crippen LogP contribution in [-0.4, -0.2) is 6.61 Å². The molecule has 1 rings (SSSR count). The number of benzene rings is 1. The summed E-state index contributed by atoms with van der Waals surface area (Å²) in [4.78, 5) is 0. The zero-order valence-electron chi connectivity index (χ0n) is 10.4. The first-order valence-corrected chi connectivity index (χ1v) is 5.97. The van der Waals surface area contributed by atoms with E-state index >= 15 is 0 Å². The molecule has 0 aliphatic carbocycles. The van der Waals surface area contributed by atoms with Crippen molar-refractivity contribution in [3.63, 3.8) is 0 Å². The molecule has 0 heterocycles. The van der Waals surface area contributed by atoms with Crippen LogP contribution in [0.3, 0.4) is 0 Å². The molecule has 1 aromatic carbocycles. The van der Waals surface area contributed by atoms with Crippen molar-refractivity contribution in [3.05, 3.63) is 47.5 Å². The van der Waals surface area contributed by atoms with Crippen LogP contribution < -0.4 is 0 Å². The van der Waals surface area contributed by atoms with Gasteiger partial charge in [0.05, 0.1) is 19.3 Å². The van der Waals surface area contributed by atoms with Crippen molar-refractivity contribution in [1.29, 1.82) is 5.26 Å². The summed E-state index contributed by atoms with van der Waals surface area (Å²) >= 11 is 0. The van der Waals surface area contributed by atoms with Gasteiger partial charge in [-0.05, 0) is 25.3 Å². The lowest BCUT2D eigenvalue weighted by Crippen LogP contribution is -1.93. The van der Waals surface area contributed by atoms with Crippen molar-refractivity contribution in [2.24, 2.45) is 0 Å². The van der Waals surface area contributed by atoms with Gasteiger partial charge < -0.3 is 4.74 Å². The smallest absolute Gasteiger partial charge is 0.0721 e. The molecule has 0 saturated carbocycles. The van der Waals surface area contributed by atoms with E-state index in [2.05, 4.69) is 31.2 Å². The number of unbranched alkanes of at least 4 members (excludes halogenated alkanes) is 1. The molecule has 2 heteroatoms. The summed E-state index contributed by atoms with van der Waals surface area (Å²) in [7, 11) is 0. The molecule has 17 heavy (non-hydrogen) atoms. The number of nitrogens with zero attached hydrogens (tertiary/aromatic N) is 1. The highest BCUT2D eigenvalue weighted by Gasteiger charge is 1.92. The lowest BCUT2D eigenvalue weighted by atomic mass is 10.1. The van der Waals surface area contributed by atoms with Crippen molar-refractivity contribution in [2.45, 2.75) is 32.8 Å². The highest BCUT2D eigenvalue weighted by molar-refractivity contribution is 5.13. The molecule has 0 aliphatic rings. The van der Waals surface area contributed by atoms with Crippen LogP contribution in [0.1, 0.15) is 31.7 Å². The van der Waals surface area contributed by atoms with Crippen molar-refractivity contribution >= 4 is 0 Å². The van der Waals surface area contributed by atoms with E-state index in [4.69, 9.17) is 10.00 Å². The number of allylic oxidation sites excluding steroid dienone is 1. The van der Waals surface area contributed by atoms with Gasteiger partial charge in [0, 0.05) is 6.42 Å². The third-order valence-electron chi connectivity index (χ3n) is 2.52. The molecule has 0 fully saturated rings. The monoisotopic (exact) mass is 229 g/mol. The maximum atomic E-state index is 8.43. The normalized spacial score (nSPS) is 11.2. The Morgan fingerprint density at radius 1 is 1.35 bits per heavy atom. The second-order valence-electron chi connectivity index (χ2n) is 4.06. The minimum atomic E-state index is 0.635. The van der Waals surface area contributed by atoms with Crippen molar-refractivity contribution < 1.29 is 4.74 Å². The first kappa shape index (κ1) is 13.5. The van der Waals surface area contributed by atoms with Crippen molar-refractivity contribution in [2.75, 3.05) is 6.61 Å². The second-order valence-corrected chi connectivity index (χ2v) is 4.06. The molecule has 0 saturated heterocycles. The average Bonchev–Trinajstić information content (AvgIpc) is 2.36. The molecule has 0 spiro atoms. The quantitative estimate of drug-likeness (QED) is 0.525. The largest absolute Gasteiger partial charge is 0.373 e. The molecule has 0 N–H and O–H groups in total. The maximum absolute atomic E-state index is 8.43. The highest BCUT2D eigenvalue weighted by Crippen LogP contribution is 2.06. The molecule has 0 aliphatic heterocycles. The van der Waals surface area contributed by atoms with Crippen LogP contribution in [0.4, 0.5) is 0 Å². The van der Waals surface area contributed by atoms with E-state index in [0.717, 1.165) is 12.8 Å². The Labute approximate surface area is 104 Å². The predicted molar refractivity (Wildman–Crippen MR) is 69.3 cm³/mol. The predicted octanol–water partition coefficient (Wildman–Crippen LogP) is 3.84. The Morgan fingerprint density at radius 3 is 2.82 bits per heavy atom. The molecule has 0 aromatic heterocycles. The Balaban J connectivity index is 2.15. The van der Waals surface area contributed by atoms with E-state index in [1.807, 2.05) is 18.2 Å². The van der Waals surface area contributed by atoms with Gasteiger partial charge in [-0.3, -0.25) is 0 Å². The van der Waals surface area contributed by atoms with Crippen LogP contribution in [0, 0.1) is 11.3 Å². The maximum Gasteiger partial charge on any atom is 0.0721 e. The first-order chi connectivity index (χ1) is 8.33. The summed E-state index contributed by atoms with van der Waals surface area (Å²) in [5, 5.41) is 8.43. The van der Waals surface area contributed by atoms with Gasteiger partial charge in [0.15, 0.2) is 0 Å². The third kappa shape index (κ3) is 6.55. The van der Waals surface area contributed by atoms with Crippen LogP contribution >= 0.6 is 0 Å². The van der Waals surface area contributed by atoms with E-state index in [-0.39, 0.29) is 0 Å². The van der Waals surface area contributed by atoms with Gasteiger partial charge in [-0.25, -0.2) is 0 Å². The summed E-state index contributed by atoms with van der Waals surface area (Å²) in [6.07, 6.45) is 4.66. The lowest BCUT2D eigenvalue weighted by molar-refractivity contribution is 0.148. The molecular weight excluding hydrogens is 210 g/mol. The molecule has 90 valence electrons. The fraction of sp³-hybridized carbons (Fsp3) is 0.400. The topological polar surface area (TPSA) is 33.0 Å². The number of nitriles is 1. The minimum Gasteiger partial charge on any atom is -0.373 e. The Hall–Kier alpha value is -1.59. The Kier molecular flexibility index (Phi) is 6.78. The summed E-state index contributed by atoms with van der Waals surface area (Å²) < 4.78 is 5.56. The highest BCUT2D eigenvalue weighted by atomic mass is 16.5. The van der Waals surface area contributed by atoms with E-state index < -0.39 is 0 Å². The summed E-state index contributed by atoms with van der Waals surface area (Å²) in [6.45, 7) is 3.39. The molecular formula is C15H19NO. The molecule has 0 bridgehead atoms. The van der Waals surface area contributed by atoms with Gasteiger partial charge in [-0.1, -0.05) is 42.0 Å². The van der Waals surface area contributed by atoms with Gasteiger partial charge in [-0.15, -0.1) is 0 Å². The number of rotatable bonds is 7. The molecule has 0 radical (unpaired) electrons. The second kappa shape index (κ2) is 8.55. The fourth-order valence-corrected chi connectivity index (χ4v) is 1.50. The number of ether oxygens (including phenoxy) is 1.